The van der Waals surface area contributed by atoms with Gasteiger partial charge in [-0.2, -0.15) is 0 Å². The molecular weight excluding hydrogens is 340 g/mol. The molecule has 0 aliphatic rings. The van der Waals surface area contributed by atoms with Gasteiger partial charge in [-0.15, -0.1) is 11.3 Å². The molecule has 80 valence electrons. The van der Waals surface area contributed by atoms with Crippen molar-refractivity contribution in [2.75, 3.05) is 0 Å². The summed E-state index contributed by atoms with van der Waals surface area (Å²) in [6.07, 6.45) is 1.70. The first kappa shape index (κ1) is 11.4. The van der Waals surface area contributed by atoms with Gasteiger partial charge in [-0.05, 0) is 47.5 Å². The minimum Gasteiger partial charge on any atom is -0.457 e. The van der Waals surface area contributed by atoms with Gasteiger partial charge in [0.25, 0.3) is 0 Å². The van der Waals surface area contributed by atoms with Gasteiger partial charge in [-0.25, -0.2) is 0 Å². The molecule has 0 aromatic carbocycles. The van der Waals surface area contributed by atoms with Crippen LogP contribution < -0.4 is 0 Å². The van der Waals surface area contributed by atoms with E-state index in [9.17, 15) is 0 Å². The normalized spacial score (nSPS) is 13.1. The van der Waals surface area contributed by atoms with Crippen molar-refractivity contribution in [3.8, 4) is 0 Å². The summed E-state index contributed by atoms with van der Waals surface area (Å²) in [6.45, 7) is 4.27. The van der Waals surface area contributed by atoms with E-state index in [0.29, 0.717) is 0 Å². The van der Waals surface area contributed by atoms with Gasteiger partial charge in [0.1, 0.15) is 0 Å². The van der Waals surface area contributed by atoms with Crippen molar-refractivity contribution in [1.29, 1.82) is 0 Å². The Bertz CT molecular complexity index is 473. The van der Waals surface area contributed by atoms with E-state index < -0.39 is 0 Å². The molecule has 0 saturated carbocycles. The maximum Gasteiger partial charge on any atom is 0.173 e. The van der Waals surface area contributed by atoms with E-state index >= 15 is 0 Å². The number of halogens is 2. The fraction of sp³-hybridized carbons (Fsp3) is 0.273. The largest absolute Gasteiger partial charge is 0.457 e. The SMILES string of the molecule is Cc1cc(C)c(C(Br)c2ccoc2Br)s1. The van der Waals surface area contributed by atoms with E-state index in [0.717, 1.165) is 10.2 Å². The van der Waals surface area contributed by atoms with Crippen molar-refractivity contribution in [2.24, 2.45) is 0 Å². The Balaban J connectivity index is 2.40. The molecule has 0 saturated heterocycles. The standard InChI is InChI=1S/C11H10Br2OS/c1-6-5-7(2)15-10(6)9(12)8-3-4-14-11(8)13/h3-5,9H,1-2H3. The number of thiophene rings is 1. The van der Waals surface area contributed by atoms with E-state index in [4.69, 9.17) is 4.42 Å². The maximum absolute atomic E-state index is 5.25. The molecule has 0 amide bonds. The Labute approximate surface area is 110 Å². The van der Waals surface area contributed by atoms with Crippen LogP contribution in [0.2, 0.25) is 0 Å². The van der Waals surface area contributed by atoms with E-state index in [1.54, 1.807) is 6.26 Å². The third-order valence-electron chi connectivity index (χ3n) is 2.23. The number of hydrogen-bond acceptors (Lipinski definition) is 2. The van der Waals surface area contributed by atoms with E-state index in [-0.39, 0.29) is 4.83 Å². The van der Waals surface area contributed by atoms with Crippen molar-refractivity contribution >= 4 is 43.2 Å². The molecule has 2 rings (SSSR count). The van der Waals surface area contributed by atoms with Crippen LogP contribution in [0.3, 0.4) is 0 Å². The van der Waals surface area contributed by atoms with Gasteiger partial charge in [0.2, 0.25) is 0 Å². The van der Waals surface area contributed by atoms with Crippen LogP contribution in [-0.4, -0.2) is 0 Å². The maximum atomic E-state index is 5.25. The van der Waals surface area contributed by atoms with E-state index in [1.807, 2.05) is 17.4 Å². The third-order valence-corrected chi connectivity index (χ3v) is 5.34. The van der Waals surface area contributed by atoms with Crippen molar-refractivity contribution in [2.45, 2.75) is 18.7 Å². The lowest BCUT2D eigenvalue weighted by molar-refractivity contribution is 0.538. The zero-order valence-electron chi connectivity index (χ0n) is 8.38. The van der Waals surface area contributed by atoms with Crippen LogP contribution >= 0.6 is 43.2 Å². The lowest BCUT2D eigenvalue weighted by atomic mass is 10.1. The fourth-order valence-corrected chi connectivity index (χ4v) is 4.35. The predicted octanol–water partition coefficient (Wildman–Crippen LogP) is 5.20. The van der Waals surface area contributed by atoms with Crippen LogP contribution in [0.15, 0.2) is 27.5 Å². The molecule has 4 heteroatoms. The number of hydrogen-bond donors (Lipinski definition) is 0. The second-order valence-corrected chi connectivity index (χ2v) is 6.34. The molecule has 0 N–H and O–H groups in total. The summed E-state index contributed by atoms with van der Waals surface area (Å²) in [6, 6.07) is 4.19. The predicted molar refractivity (Wildman–Crippen MR) is 71.0 cm³/mol. The van der Waals surface area contributed by atoms with Crippen molar-refractivity contribution in [1.82, 2.24) is 0 Å². The van der Waals surface area contributed by atoms with Crippen LogP contribution in [0, 0.1) is 13.8 Å². The van der Waals surface area contributed by atoms with Gasteiger partial charge in [0, 0.05) is 15.3 Å². The molecule has 0 aliphatic heterocycles. The Kier molecular flexibility index (Phi) is 3.38. The van der Waals surface area contributed by atoms with Gasteiger partial charge in [0.05, 0.1) is 11.1 Å². The number of rotatable bonds is 2. The summed E-state index contributed by atoms with van der Waals surface area (Å²) in [5, 5.41) is 0. The summed E-state index contributed by atoms with van der Waals surface area (Å²) in [7, 11) is 0. The molecule has 2 aromatic heterocycles. The number of furan rings is 1. The fourth-order valence-electron chi connectivity index (χ4n) is 1.54. The van der Waals surface area contributed by atoms with Crippen LogP contribution in [-0.2, 0) is 0 Å². The molecule has 0 spiro atoms. The van der Waals surface area contributed by atoms with Gasteiger partial charge < -0.3 is 4.42 Å². The third kappa shape index (κ3) is 2.22. The molecule has 0 bridgehead atoms. The van der Waals surface area contributed by atoms with Crippen LogP contribution in [0.4, 0.5) is 0 Å². The molecule has 0 fully saturated rings. The molecule has 2 aromatic rings. The topological polar surface area (TPSA) is 13.1 Å². The first-order chi connectivity index (χ1) is 7.09. The average Bonchev–Trinajstić information content (AvgIpc) is 2.71. The average molecular weight is 350 g/mol. The van der Waals surface area contributed by atoms with E-state index in [1.165, 1.54) is 15.3 Å². The first-order valence-electron chi connectivity index (χ1n) is 4.53. The van der Waals surface area contributed by atoms with E-state index in [2.05, 4.69) is 51.8 Å². The molecule has 0 aliphatic carbocycles. The monoisotopic (exact) mass is 348 g/mol. The molecule has 1 atom stereocenters. The highest BCUT2D eigenvalue weighted by Crippen LogP contribution is 2.40. The zero-order chi connectivity index (χ0) is 11.0. The highest BCUT2D eigenvalue weighted by atomic mass is 79.9. The lowest BCUT2D eigenvalue weighted by Crippen LogP contribution is -1.89. The summed E-state index contributed by atoms with van der Waals surface area (Å²) in [4.78, 5) is 2.89. The molecule has 1 nitrogen and oxygen atoms in total. The smallest absolute Gasteiger partial charge is 0.173 e. The highest BCUT2D eigenvalue weighted by Gasteiger charge is 2.19. The molecule has 15 heavy (non-hydrogen) atoms. The quantitative estimate of drug-likeness (QED) is 0.678. The number of aryl methyl sites for hydroxylation is 2. The first-order valence-corrected chi connectivity index (χ1v) is 7.06. The lowest BCUT2D eigenvalue weighted by Gasteiger charge is -2.07. The van der Waals surface area contributed by atoms with Gasteiger partial charge in [-0.3, -0.25) is 0 Å². The minimum absolute atomic E-state index is 0.212. The zero-order valence-corrected chi connectivity index (χ0v) is 12.4. The van der Waals surface area contributed by atoms with Crippen molar-refractivity contribution in [3.05, 3.63) is 43.9 Å². The van der Waals surface area contributed by atoms with Crippen LogP contribution in [0.5, 0.6) is 0 Å². The summed E-state index contributed by atoms with van der Waals surface area (Å²) in [5.74, 6) is 0. The summed E-state index contributed by atoms with van der Waals surface area (Å²) in [5.41, 5.74) is 2.47. The summed E-state index contributed by atoms with van der Waals surface area (Å²) < 4.78 is 6.05. The molecule has 0 radical (unpaired) electrons. The van der Waals surface area contributed by atoms with Crippen molar-refractivity contribution < 1.29 is 4.42 Å². The Morgan fingerprint density at radius 1 is 1.40 bits per heavy atom. The second-order valence-electron chi connectivity index (χ2n) is 3.42. The highest BCUT2D eigenvalue weighted by molar-refractivity contribution is 9.10. The van der Waals surface area contributed by atoms with Gasteiger partial charge in [-0.1, -0.05) is 15.9 Å². The van der Waals surface area contributed by atoms with Gasteiger partial charge >= 0.3 is 0 Å². The molecule has 2 heterocycles. The Morgan fingerprint density at radius 2 is 2.13 bits per heavy atom. The van der Waals surface area contributed by atoms with Crippen LogP contribution in [0.25, 0.3) is 0 Å². The molecular formula is C11H10Br2OS. The number of alkyl halides is 1. The second kappa shape index (κ2) is 4.44. The van der Waals surface area contributed by atoms with Gasteiger partial charge in [0.15, 0.2) is 4.67 Å². The Morgan fingerprint density at radius 3 is 2.60 bits per heavy atom. The summed E-state index contributed by atoms with van der Waals surface area (Å²) >= 11 is 8.93. The minimum atomic E-state index is 0.212. The Hall–Kier alpha value is -0.0600. The van der Waals surface area contributed by atoms with Crippen molar-refractivity contribution in [3.63, 3.8) is 0 Å². The van der Waals surface area contributed by atoms with Crippen LogP contribution in [0.1, 0.15) is 25.7 Å². The molecule has 1 unspecified atom stereocenters.